The van der Waals surface area contributed by atoms with Crippen LogP contribution in [0.25, 0.3) is 11.2 Å². The molecule has 6 nitrogen and oxygen atoms in total. The number of hydrogen-bond acceptors (Lipinski definition) is 5. The number of aromatic nitrogens is 4. The maximum absolute atomic E-state index is 4.50. The second kappa shape index (κ2) is 5.56. The molecule has 0 radical (unpaired) electrons. The summed E-state index contributed by atoms with van der Waals surface area (Å²) >= 11 is 0. The summed E-state index contributed by atoms with van der Waals surface area (Å²) in [6.07, 6.45) is 2.64. The van der Waals surface area contributed by atoms with Crippen LogP contribution in [0.15, 0.2) is 36.7 Å². The van der Waals surface area contributed by atoms with Crippen LogP contribution in [0.1, 0.15) is 13.3 Å². The van der Waals surface area contributed by atoms with Crippen LogP contribution in [0, 0.1) is 0 Å². The van der Waals surface area contributed by atoms with Gasteiger partial charge in [-0.3, -0.25) is 0 Å². The second-order valence-corrected chi connectivity index (χ2v) is 4.41. The van der Waals surface area contributed by atoms with Crippen LogP contribution in [0.4, 0.5) is 17.5 Å². The Labute approximate surface area is 116 Å². The van der Waals surface area contributed by atoms with Gasteiger partial charge < -0.3 is 15.6 Å². The van der Waals surface area contributed by atoms with Gasteiger partial charge in [-0.15, -0.1) is 0 Å². The maximum atomic E-state index is 4.50. The molecule has 0 fully saturated rings. The predicted molar refractivity (Wildman–Crippen MR) is 80.2 cm³/mol. The molecule has 0 unspecified atom stereocenters. The molecule has 2 heterocycles. The quantitative estimate of drug-likeness (QED) is 0.663. The van der Waals surface area contributed by atoms with Crippen molar-refractivity contribution < 1.29 is 0 Å². The number of para-hydroxylation sites is 1. The third-order valence-electron chi connectivity index (χ3n) is 2.86. The van der Waals surface area contributed by atoms with Crippen LogP contribution in [-0.2, 0) is 0 Å². The Balaban J connectivity index is 1.97. The monoisotopic (exact) mass is 268 g/mol. The molecule has 102 valence electrons. The van der Waals surface area contributed by atoms with Gasteiger partial charge >= 0.3 is 0 Å². The number of nitrogens with zero attached hydrogens (tertiary/aromatic N) is 3. The topological polar surface area (TPSA) is 78.5 Å². The summed E-state index contributed by atoms with van der Waals surface area (Å²) in [5, 5.41) is 6.47. The number of H-pyrrole nitrogens is 1. The Hall–Kier alpha value is -2.63. The maximum Gasteiger partial charge on any atom is 0.226 e. The Kier molecular flexibility index (Phi) is 3.45. The van der Waals surface area contributed by atoms with Crippen molar-refractivity contribution in [2.24, 2.45) is 0 Å². The van der Waals surface area contributed by atoms with Gasteiger partial charge in [-0.05, 0) is 18.6 Å². The first-order chi connectivity index (χ1) is 9.86. The van der Waals surface area contributed by atoms with E-state index in [2.05, 4.69) is 37.5 Å². The molecular weight excluding hydrogens is 252 g/mol. The molecular formula is C14H16N6. The van der Waals surface area contributed by atoms with E-state index in [0.29, 0.717) is 11.6 Å². The van der Waals surface area contributed by atoms with Crippen LogP contribution in [-0.4, -0.2) is 26.5 Å². The molecule has 3 aromatic rings. The lowest BCUT2D eigenvalue weighted by Gasteiger charge is -2.09. The molecule has 0 spiro atoms. The number of anilines is 3. The van der Waals surface area contributed by atoms with Gasteiger partial charge in [-0.25, -0.2) is 4.98 Å². The van der Waals surface area contributed by atoms with Crippen molar-refractivity contribution in [3.8, 4) is 0 Å². The van der Waals surface area contributed by atoms with E-state index in [0.717, 1.165) is 30.0 Å². The van der Waals surface area contributed by atoms with Crippen molar-refractivity contribution in [3.63, 3.8) is 0 Å². The minimum absolute atomic E-state index is 0.588. The third-order valence-corrected chi connectivity index (χ3v) is 2.86. The van der Waals surface area contributed by atoms with Gasteiger partial charge in [0.1, 0.15) is 5.52 Å². The lowest BCUT2D eigenvalue weighted by molar-refractivity contribution is 0.956. The molecule has 0 aliphatic rings. The molecule has 0 aliphatic carbocycles. The SMILES string of the molecule is CCCNc1nc(Nc2ccccc2)c2[nH]cnc2n1. The zero-order valence-corrected chi connectivity index (χ0v) is 11.2. The van der Waals surface area contributed by atoms with E-state index in [9.17, 15) is 0 Å². The molecule has 0 saturated heterocycles. The molecule has 3 N–H and O–H groups in total. The summed E-state index contributed by atoms with van der Waals surface area (Å²) < 4.78 is 0. The number of benzene rings is 1. The number of hydrogen-bond donors (Lipinski definition) is 3. The van der Waals surface area contributed by atoms with E-state index in [1.54, 1.807) is 6.33 Å². The van der Waals surface area contributed by atoms with E-state index >= 15 is 0 Å². The number of imidazole rings is 1. The number of rotatable bonds is 5. The Bertz CT molecular complexity index is 691. The average Bonchev–Trinajstić information content (AvgIpc) is 2.95. The van der Waals surface area contributed by atoms with Crippen LogP contribution in [0.5, 0.6) is 0 Å². The summed E-state index contributed by atoms with van der Waals surface area (Å²) in [6, 6.07) is 9.91. The molecule has 3 rings (SSSR count). The highest BCUT2D eigenvalue weighted by molar-refractivity contribution is 5.85. The first kappa shape index (κ1) is 12.4. The highest BCUT2D eigenvalue weighted by Gasteiger charge is 2.09. The predicted octanol–water partition coefficient (Wildman–Crippen LogP) is 2.92. The van der Waals surface area contributed by atoms with Crippen LogP contribution < -0.4 is 10.6 Å². The fourth-order valence-electron chi connectivity index (χ4n) is 1.90. The molecule has 20 heavy (non-hydrogen) atoms. The highest BCUT2D eigenvalue weighted by Crippen LogP contribution is 2.22. The van der Waals surface area contributed by atoms with Gasteiger partial charge in [-0.2, -0.15) is 9.97 Å². The molecule has 0 aliphatic heterocycles. The number of nitrogens with one attached hydrogen (secondary N) is 3. The van der Waals surface area contributed by atoms with Gasteiger partial charge in [0.25, 0.3) is 0 Å². The molecule has 6 heteroatoms. The average molecular weight is 268 g/mol. The van der Waals surface area contributed by atoms with Gasteiger partial charge in [-0.1, -0.05) is 25.1 Å². The molecule has 1 aromatic carbocycles. The Morgan fingerprint density at radius 3 is 2.80 bits per heavy atom. The smallest absolute Gasteiger partial charge is 0.226 e. The van der Waals surface area contributed by atoms with Crippen LogP contribution in [0.3, 0.4) is 0 Å². The van der Waals surface area contributed by atoms with Crippen LogP contribution in [0.2, 0.25) is 0 Å². The number of aromatic amines is 1. The summed E-state index contributed by atoms with van der Waals surface area (Å²) in [6.45, 7) is 2.93. The molecule has 0 bridgehead atoms. The first-order valence-electron chi connectivity index (χ1n) is 6.64. The lowest BCUT2D eigenvalue weighted by atomic mass is 10.3. The molecule has 0 atom stereocenters. The Morgan fingerprint density at radius 1 is 1.15 bits per heavy atom. The summed E-state index contributed by atoms with van der Waals surface area (Å²) in [5.41, 5.74) is 2.43. The van der Waals surface area contributed by atoms with Crippen molar-refractivity contribution >= 4 is 28.6 Å². The van der Waals surface area contributed by atoms with E-state index in [1.165, 1.54) is 0 Å². The van der Waals surface area contributed by atoms with Gasteiger partial charge in [0.2, 0.25) is 5.95 Å². The van der Waals surface area contributed by atoms with Gasteiger partial charge in [0.15, 0.2) is 11.5 Å². The normalized spacial score (nSPS) is 10.7. The Morgan fingerprint density at radius 2 is 2.00 bits per heavy atom. The minimum atomic E-state index is 0.588. The summed E-state index contributed by atoms with van der Waals surface area (Å²) in [7, 11) is 0. The largest absolute Gasteiger partial charge is 0.354 e. The highest BCUT2D eigenvalue weighted by atomic mass is 15.2. The standard InChI is InChI=1S/C14H16N6/c1-2-8-15-14-19-12-11(16-9-17-12)13(20-14)18-10-6-4-3-5-7-10/h3-7,9H,2,8H2,1H3,(H3,15,16,17,18,19,20). The molecule has 0 saturated carbocycles. The molecule has 0 amide bonds. The first-order valence-corrected chi connectivity index (χ1v) is 6.64. The summed E-state index contributed by atoms with van der Waals surface area (Å²) in [5.74, 6) is 1.31. The van der Waals surface area contributed by atoms with Crippen molar-refractivity contribution in [2.45, 2.75) is 13.3 Å². The van der Waals surface area contributed by atoms with Gasteiger partial charge in [0, 0.05) is 12.2 Å². The van der Waals surface area contributed by atoms with E-state index < -0.39 is 0 Å². The number of fused-ring (bicyclic) bond motifs is 1. The fraction of sp³-hybridized carbons (Fsp3) is 0.214. The second-order valence-electron chi connectivity index (χ2n) is 4.41. The zero-order chi connectivity index (χ0) is 13.8. The summed E-state index contributed by atoms with van der Waals surface area (Å²) in [4.78, 5) is 16.1. The minimum Gasteiger partial charge on any atom is -0.354 e. The van der Waals surface area contributed by atoms with E-state index in [-0.39, 0.29) is 0 Å². The van der Waals surface area contributed by atoms with E-state index in [1.807, 2.05) is 30.3 Å². The van der Waals surface area contributed by atoms with E-state index in [4.69, 9.17) is 0 Å². The van der Waals surface area contributed by atoms with Crippen LogP contribution >= 0.6 is 0 Å². The van der Waals surface area contributed by atoms with Crippen molar-refractivity contribution in [2.75, 3.05) is 17.2 Å². The zero-order valence-electron chi connectivity index (χ0n) is 11.2. The van der Waals surface area contributed by atoms with Gasteiger partial charge in [0.05, 0.1) is 6.33 Å². The molecule has 2 aromatic heterocycles. The third kappa shape index (κ3) is 2.54. The van der Waals surface area contributed by atoms with Crippen molar-refractivity contribution in [1.29, 1.82) is 0 Å². The lowest BCUT2D eigenvalue weighted by Crippen LogP contribution is -2.06. The van der Waals surface area contributed by atoms with Crippen molar-refractivity contribution in [3.05, 3.63) is 36.7 Å². The fourth-order valence-corrected chi connectivity index (χ4v) is 1.90. The van der Waals surface area contributed by atoms with Crippen molar-refractivity contribution in [1.82, 2.24) is 19.9 Å².